The number of hydrogen-bond donors (Lipinski definition) is 3. The van der Waals surface area contributed by atoms with Crippen LogP contribution in [-0.4, -0.2) is 37.5 Å². The number of para-hydroxylation sites is 1. The van der Waals surface area contributed by atoms with Gasteiger partial charge in [-0.15, -0.1) is 0 Å². The quantitative estimate of drug-likeness (QED) is 0.160. The van der Waals surface area contributed by atoms with Crippen molar-refractivity contribution in [2.45, 2.75) is 51.2 Å². The zero-order chi connectivity index (χ0) is 32.8. The third kappa shape index (κ3) is 8.72. The number of nitrogens with zero attached hydrogens (tertiary/aromatic N) is 1. The van der Waals surface area contributed by atoms with Crippen LogP contribution in [0.4, 0.5) is 24.5 Å². The van der Waals surface area contributed by atoms with Gasteiger partial charge in [-0.3, -0.25) is 4.79 Å². The van der Waals surface area contributed by atoms with Gasteiger partial charge in [0.05, 0.1) is 29.2 Å². The van der Waals surface area contributed by atoms with Gasteiger partial charge in [0, 0.05) is 18.5 Å². The minimum Gasteiger partial charge on any atom is -0.369 e. The third-order valence-corrected chi connectivity index (χ3v) is 8.52. The predicted molar refractivity (Wildman–Crippen MR) is 170 cm³/mol. The van der Waals surface area contributed by atoms with E-state index < -0.39 is 39.4 Å². The second-order valence-electron chi connectivity index (χ2n) is 10.9. The van der Waals surface area contributed by atoms with Gasteiger partial charge in [0.1, 0.15) is 0 Å². The summed E-state index contributed by atoms with van der Waals surface area (Å²) >= 11 is 0. The molecule has 0 unspecified atom stereocenters. The summed E-state index contributed by atoms with van der Waals surface area (Å²) in [6, 6.07) is 26.3. The zero-order valence-electron chi connectivity index (χ0n) is 25.2. The fourth-order valence-electron chi connectivity index (χ4n) is 5.00. The number of amides is 1. The molecule has 4 rings (SSSR count). The molecule has 0 aliphatic heterocycles. The first-order valence-electron chi connectivity index (χ1n) is 14.4. The molecule has 3 N–H and O–H groups in total. The van der Waals surface area contributed by atoms with Gasteiger partial charge in [-0.05, 0) is 66.4 Å². The van der Waals surface area contributed by atoms with Gasteiger partial charge in [0.25, 0.3) is 5.91 Å². The molecule has 2 atom stereocenters. The highest BCUT2D eigenvalue weighted by atomic mass is 32.2. The molecule has 0 saturated heterocycles. The number of benzene rings is 4. The first-order valence-corrected chi connectivity index (χ1v) is 16.2. The molecule has 11 heteroatoms. The lowest BCUT2D eigenvalue weighted by Gasteiger charge is -2.36. The summed E-state index contributed by atoms with van der Waals surface area (Å²) in [6.07, 6.45) is -2.93. The minimum atomic E-state index is -4.50. The zero-order valence-corrected chi connectivity index (χ0v) is 26.0. The summed E-state index contributed by atoms with van der Waals surface area (Å²) in [5, 5.41) is 17.8. The highest BCUT2D eigenvalue weighted by molar-refractivity contribution is 7.92. The Morgan fingerprint density at radius 2 is 1.47 bits per heavy atom. The Morgan fingerprint density at radius 3 is 2.07 bits per heavy atom. The number of aliphatic hydroxyl groups is 1. The van der Waals surface area contributed by atoms with E-state index in [4.69, 9.17) is 0 Å². The van der Waals surface area contributed by atoms with E-state index in [2.05, 4.69) is 10.6 Å². The van der Waals surface area contributed by atoms with Crippen LogP contribution in [0.1, 0.15) is 46.5 Å². The molecule has 0 aromatic heterocycles. The average Bonchev–Trinajstić information content (AvgIpc) is 2.99. The predicted octanol–water partition coefficient (Wildman–Crippen LogP) is 6.20. The van der Waals surface area contributed by atoms with Crippen LogP contribution in [0, 0.1) is 0 Å². The van der Waals surface area contributed by atoms with E-state index >= 15 is 0 Å². The van der Waals surface area contributed by atoms with Crippen molar-refractivity contribution in [3.05, 3.63) is 131 Å². The van der Waals surface area contributed by atoms with Crippen molar-refractivity contribution in [3.63, 3.8) is 0 Å². The maximum atomic E-state index is 13.8. The molecule has 0 aliphatic rings. The number of carbonyl (C=O) groups excluding carboxylic acids is 1. The van der Waals surface area contributed by atoms with Gasteiger partial charge in [0.2, 0.25) is 10.0 Å². The average molecular weight is 640 g/mol. The van der Waals surface area contributed by atoms with Crippen molar-refractivity contribution in [2.75, 3.05) is 10.6 Å². The molecule has 0 radical (unpaired) electrons. The summed E-state index contributed by atoms with van der Waals surface area (Å²) in [7, 11) is -3.80. The number of rotatable bonds is 12. The lowest BCUT2D eigenvalue weighted by atomic mass is 9.95. The van der Waals surface area contributed by atoms with Crippen LogP contribution >= 0.6 is 0 Å². The maximum absolute atomic E-state index is 13.8. The standard InChI is InChI=1S/C34H36F3N3O4S/c1-4-25-18-28(21-31(20-25)40(45(3,43)44)30-16-9-6-10-17-30)32(41)39-33(42,22-26-12-7-5-8-13-26)24(2)38-23-27-14-11-15-29(19-27)34(35,36)37/h5-21,24,38,42H,4,22-23H2,1-3H3,(H,39,41)/t24-,33+/m1/s1. The minimum absolute atomic E-state index is 0.00603. The molecule has 0 heterocycles. The van der Waals surface area contributed by atoms with E-state index in [1.54, 1.807) is 79.7 Å². The Bertz CT molecular complexity index is 1720. The number of sulfonamides is 1. The van der Waals surface area contributed by atoms with Gasteiger partial charge in [-0.1, -0.05) is 73.7 Å². The summed E-state index contributed by atoms with van der Waals surface area (Å²) in [5.41, 5.74) is -0.125. The van der Waals surface area contributed by atoms with Gasteiger partial charge < -0.3 is 15.7 Å². The first-order chi connectivity index (χ1) is 21.2. The number of alkyl halides is 3. The van der Waals surface area contributed by atoms with Crippen LogP contribution in [0.3, 0.4) is 0 Å². The molecule has 0 aliphatic carbocycles. The van der Waals surface area contributed by atoms with Crippen LogP contribution < -0.4 is 14.9 Å². The highest BCUT2D eigenvalue weighted by Crippen LogP contribution is 2.31. The van der Waals surface area contributed by atoms with Crippen LogP contribution in [0.25, 0.3) is 0 Å². The third-order valence-electron chi connectivity index (χ3n) is 7.43. The largest absolute Gasteiger partial charge is 0.416 e. The second kappa shape index (κ2) is 13.8. The van der Waals surface area contributed by atoms with E-state index in [0.717, 1.165) is 22.7 Å². The lowest BCUT2D eigenvalue weighted by molar-refractivity contribution is -0.137. The maximum Gasteiger partial charge on any atom is 0.416 e. The molecule has 4 aromatic rings. The van der Waals surface area contributed by atoms with E-state index in [1.807, 2.05) is 13.0 Å². The molecule has 0 saturated carbocycles. The van der Waals surface area contributed by atoms with E-state index in [-0.39, 0.29) is 24.2 Å². The smallest absolute Gasteiger partial charge is 0.369 e. The Balaban J connectivity index is 1.66. The SMILES string of the molecule is CCc1cc(C(=O)N[C@](O)(Cc2ccccc2)[C@@H](C)NCc2cccc(C(F)(F)F)c2)cc(N(c2ccccc2)S(C)(=O)=O)c1. The van der Waals surface area contributed by atoms with Gasteiger partial charge in [0.15, 0.2) is 5.72 Å². The fourth-order valence-corrected chi connectivity index (χ4v) is 5.99. The Labute approximate surface area is 261 Å². The molecule has 0 fully saturated rings. The Morgan fingerprint density at radius 1 is 0.844 bits per heavy atom. The summed E-state index contributed by atoms with van der Waals surface area (Å²) in [5.74, 6) is -0.654. The van der Waals surface area contributed by atoms with E-state index in [9.17, 15) is 31.5 Å². The fraction of sp³-hybridized carbons (Fsp3) is 0.265. The summed E-state index contributed by atoms with van der Waals surface area (Å²) in [4.78, 5) is 13.8. The van der Waals surface area contributed by atoms with Crippen molar-refractivity contribution in [1.29, 1.82) is 0 Å². The Hall–Kier alpha value is -4.19. The molecule has 45 heavy (non-hydrogen) atoms. The van der Waals surface area contributed by atoms with Crippen LogP contribution in [0.5, 0.6) is 0 Å². The molecule has 238 valence electrons. The number of hydrogen-bond acceptors (Lipinski definition) is 5. The van der Waals surface area contributed by atoms with Crippen molar-refractivity contribution < 1.29 is 31.5 Å². The summed E-state index contributed by atoms with van der Waals surface area (Å²) < 4.78 is 66.7. The van der Waals surface area contributed by atoms with E-state index in [0.29, 0.717) is 28.8 Å². The van der Waals surface area contributed by atoms with Crippen LogP contribution in [-0.2, 0) is 35.6 Å². The second-order valence-corrected chi connectivity index (χ2v) is 12.8. The number of aryl methyl sites for hydroxylation is 1. The molecule has 7 nitrogen and oxygen atoms in total. The van der Waals surface area contributed by atoms with Crippen LogP contribution in [0.2, 0.25) is 0 Å². The van der Waals surface area contributed by atoms with Crippen molar-refractivity contribution in [1.82, 2.24) is 10.6 Å². The molecular weight excluding hydrogens is 603 g/mol. The van der Waals surface area contributed by atoms with Gasteiger partial charge in [-0.2, -0.15) is 13.2 Å². The van der Waals surface area contributed by atoms with Gasteiger partial charge in [-0.25, -0.2) is 12.7 Å². The van der Waals surface area contributed by atoms with Crippen molar-refractivity contribution in [2.24, 2.45) is 0 Å². The highest BCUT2D eigenvalue weighted by Gasteiger charge is 2.36. The first kappa shape index (κ1) is 33.7. The molecule has 4 aromatic carbocycles. The van der Waals surface area contributed by atoms with Crippen LogP contribution in [0.15, 0.2) is 103 Å². The van der Waals surface area contributed by atoms with Crippen molar-refractivity contribution in [3.8, 4) is 0 Å². The normalized spacial score (nSPS) is 13.9. The monoisotopic (exact) mass is 639 g/mol. The molecular formula is C34H36F3N3O4S. The molecule has 0 bridgehead atoms. The number of carbonyl (C=O) groups is 1. The molecule has 1 amide bonds. The van der Waals surface area contributed by atoms with Crippen molar-refractivity contribution >= 4 is 27.3 Å². The Kier molecular flexibility index (Phi) is 10.4. The summed E-state index contributed by atoms with van der Waals surface area (Å²) in [6.45, 7) is 3.50. The molecule has 0 spiro atoms. The van der Waals surface area contributed by atoms with E-state index in [1.165, 1.54) is 12.1 Å². The topological polar surface area (TPSA) is 98.7 Å². The number of anilines is 2. The van der Waals surface area contributed by atoms with Gasteiger partial charge >= 0.3 is 6.18 Å². The lowest BCUT2D eigenvalue weighted by Crippen LogP contribution is -2.61. The number of nitrogens with one attached hydrogen (secondary N) is 2. The number of halogens is 3.